The van der Waals surface area contributed by atoms with Gasteiger partial charge in [-0.2, -0.15) is 0 Å². The monoisotopic (exact) mass is 534 g/mol. The average molecular weight is 535 g/mol. The van der Waals surface area contributed by atoms with Crippen molar-refractivity contribution in [3.8, 4) is 11.5 Å². The molecule has 6 nitrogen and oxygen atoms in total. The van der Waals surface area contributed by atoms with E-state index < -0.39 is 12.1 Å². The van der Waals surface area contributed by atoms with Gasteiger partial charge in [-0.15, -0.1) is 0 Å². The van der Waals surface area contributed by atoms with E-state index in [1.807, 2.05) is 24.3 Å². The predicted octanol–water partition coefficient (Wildman–Crippen LogP) is 6.76. The van der Waals surface area contributed by atoms with Crippen molar-refractivity contribution in [3.05, 3.63) is 87.9 Å². The van der Waals surface area contributed by atoms with Crippen LogP contribution in [-0.4, -0.2) is 34.8 Å². The molecule has 7 heteroatoms. The van der Waals surface area contributed by atoms with Crippen LogP contribution < -0.4 is 15.4 Å². The third-order valence-electron chi connectivity index (χ3n) is 7.60. The van der Waals surface area contributed by atoms with Crippen molar-refractivity contribution >= 4 is 23.3 Å². The molecule has 3 aromatic carbocycles. The number of aryl methyl sites for hydroxylation is 1. The van der Waals surface area contributed by atoms with Gasteiger partial charge in [0.2, 0.25) is 0 Å². The van der Waals surface area contributed by atoms with Crippen molar-refractivity contribution in [1.29, 1.82) is 0 Å². The Balaban J connectivity index is 1.25. The fraction of sp³-hybridized carbons (Fsp3) is 0.387. The lowest BCUT2D eigenvalue weighted by Gasteiger charge is -2.27. The van der Waals surface area contributed by atoms with E-state index in [-0.39, 0.29) is 11.6 Å². The smallest absolute Gasteiger partial charge is 0.335 e. The van der Waals surface area contributed by atoms with Crippen LogP contribution in [0.4, 0.5) is 5.69 Å². The van der Waals surface area contributed by atoms with E-state index in [0.29, 0.717) is 29.1 Å². The summed E-state index contributed by atoms with van der Waals surface area (Å²) in [6.07, 6.45) is 8.01. The Labute approximate surface area is 229 Å². The topological polar surface area (TPSA) is 90.8 Å². The molecule has 0 unspecified atom stereocenters. The van der Waals surface area contributed by atoms with Crippen LogP contribution in [0.3, 0.4) is 0 Å². The highest BCUT2D eigenvalue weighted by atomic mass is 35.5. The summed E-state index contributed by atoms with van der Waals surface area (Å²) < 4.78 is 6.19. The van der Waals surface area contributed by atoms with Crippen LogP contribution in [0, 0.1) is 0 Å². The number of benzene rings is 3. The number of hydrogen-bond acceptors (Lipinski definition) is 5. The molecule has 2 atom stereocenters. The van der Waals surface area contributed by atoms with Crippen LogP contribution in [-0.2, 0) is 12.8 Å². The standard InChI is InChI=1S/C31H35ClN2O4/c32-24-6-4-5-21(13-24)30(35)19-33-26-11-9-20-10-12-28(16-22(20)14-26)38-29-17-23(31(36)37)15-27(18-29)34-25-7-2-1-3-8-25/h4-6,10,12-13,15-18,25-26,30,33-35H,1-3,7-9,11,14,19H2,(H,36,37)/t26-,30-/m0/s1. The van der Waals surface area contributed by atoms with Gasteiger partial charge in [-0.3, -0.25) is 0 Å². The summed E-state index contributed by atoms with van der Waals surface area (Å²) >= 11 is 6.07. The number of ether oxygens (including phenoxy) is 1. The maximum absolute atomic E-state index is 11.8. The van der Waals surface area contributed by atoms with Crippen LogP contribution in [0.15, 0.2) is 60.7 Å². The van der Waals surface area contributed by atoms with Gasteiger partial charge in [0, 0.05) is 35.4 Å². The number of halogens is 1. The van der Waals surface area contributed by atoms with Crippen molar-refractivity contribution in [2.24, 2.45) is 0 Å². The molecule has 2 aliphatic rings. The number of hydrogen-bond donors (Lipinski definition) is 4. The summed E-state index contributed by atoms with van der Waals surface area (Å²) in [6, 6.07) is 19.2. The van der Waals surface area contributed by atoms with Crippen LogP contribution in [0.5, 0.6) is 11.5 Å². The van der Waals surface area contributed by atoms with Crippen molar-refractivity contribution < 1.29 is 19.7 Å². The van der Waals surface area contributed by atoms with Gasteiger partial charge in [-0.1, -0.05) is 49.1 Å². The molecule has 1 saturated carbocycles. The van der Waals surface area contributed by atoms with Crippen LogP contribution >= 0.6 is 11.6 Å². The minimum atomic E-state index is -0.971. The molecule has 200 valence electrons. The van der Waals surface area contributed by atoms with Gasteiger partial charge in [0.25, 0.3) is 0 Å². The first-order chi connectivity index (χ1) is 18.4. The number of carbonyl (C=O) groups is 1. The number of aliphatic hydroxyl groups is 1. The fourth-order valence-corrected chi connectivity index (χ4v) is 5.76. The number of carboxylic acid groups (broad SMARTS) is 1. The Kier molecular flexibility index (Phi) is 8.52. The zero-order chi connectivity index (χ0) is 26.5. The van der Waals surface area contributed by atoms with Gasteiger partial charge in [-0.05, 0) is 85.2 Å². The second-order valence-corrected chi connectivity index (χ2v) is 10.9. The minimum Gasteiger partial charge on any atom is -0.478 e. The van der Waals surface area contributed by atoms with E-state index >= 15 is 0 Å². The summed E-state index contributed by atoms with van der Waals surface area (Å²) in [5, 5.41) is 27.9. The average Bonchev–Trinajstić information content (AvgIpc) is 2.92. The third-order valence-corrected chi connectivity index (χ3v) is 7.84. The van der Waals surface area contributed by atoms with E-state index in [1.54, 1.807) is 24.3 Å². The zero-order valence-electron chi connectivity index (χ0n) is 21.5. The van der Waals surface area contributed by atoms with Gasteiger partial charge < -0.3 is 25.6 Å². The van der Waals surface area contributed by atoms with E-state index in [2.05, 4.69) is 22.8 Å². The van der Waals surface area contributed by atoms with Crippen LogP contribution in [0.2, 0.25) is 5.02 Å². The minimum absolute atomic E-state index is 0.210. The van der Waals surface area contributed by atoms with Gasteiger partial charge in [0.15, 0.2) is 0 Å². The highest BCUT2D eigenvalue weighted by molar-refractivity contribution is 6.30. The lowest BCUT2D eigenvalue weighted by Crippen LogP contribution is -2.37. The van der Waals surface area contributed by atoms with Crippen molar-refractivity contribution in [2.75, 3.05) is 11.9 Å². The number of nitrogens with one attached hydrogen (secondary N) is 2. The Morgan fingerprint density at radius 1 is 0.947 bits per heavy atom. The molecule has 1 fully saturated rings. The molecule has 38 heavy (non-hydrogen) atoms. The lowest BCUT2D eigenvalue weighted by atomic mass is 9.88. The molecule has 5 rings (SSSR count). The van der Waals surface area contributed by atoms with Gasteiger partial charge in [0.1, 0.15) is 11.5 Å². The van der Waals surface area contributed by atoms with E-state index in [1.165, 1.54) is 30.4 Å². The third kappa shape index (κ3) is 6.87. The molecule has 0 aromatic heterocycles. The van der Waals surface area contributed by atoms with Crippen molar-refractivity contribution in [1.82, 2.24) is 5.32 Å². The van der Waals surface area contributed by atoms with E-state index in [9.17, 15) is 15.0 Å². The quantitative estimate of drug-likeness (QED) is 0.242. The first kappa shape index (κ1) is 26.5. The molecule has 0 bridgehead atoms. The number of anilines is 1. The number of fused-ring (bicyclic) bond motifs is 1. The predicted molar refractivity (Wildman–Crippen MR) is 151 cm³/mol. The summed E-state index contributed by atoms with van der Waals surface area (Å²) in [4.78, 5) is 11.8. The normalized spacial score (nSPS) is 18.4. The Hall–Kier alpha value is -3.06. The molecule has 0 aliphatic heterocycles. The lowest BCUT2D eigenvalue weighted by molar-refractivity contribution is 0.0696. The SMILES string of the molecule is O=C(O)c1cc(NC2CCCCC2)cc(Oc2ccc3c(c2)C[C@@H](NC[C@H](O)c2cccc(Cl)c2)CC3)c1. The van der Waals surface area contributed by atoms with Crippen LogP contribution in [0.25, 0.3) is 0 Å². The summed E-state index contributed by atoms with van der Waals surface area (Å²) in [5.41, 5.74) is 4.30. The summed E-state index contributed by atoms with van der Waals surface area (Å²) in [5.74, 6) is 0.231. The molecule has 0 amide bonds. The van der Waals surface area contributed by atoms with E-state index in [0.717, 1.165) is 43.4 Å². The second-order valence-electron chi connectivity index (χ2n) is 10.5. The number of aromatic carboxylic acids is 1. The van der Waals surface area contributed by atoms with E-state index in [4.69, 9.17) is 16.3 Å². The Morgan fingerprint density at radius 2 is 1.79 bits per heavy atom. The maximum atomic E-state index is 11.8. The Morgan fingerprint density at radius 3 is 2.58 bits per heavy atom. The largest absolute Gasteiger partial charge is 0.478 e. The van der Waals surface area contributed by atoms with Crippen molar-refractivity contribution in [3.63, 3.8) is 0 Å². The first-order valence-electron chi connectivity index (χ1n) is 13.5. The number of aliphatic hydroxyl groups excluding tert-OH is 1. The van der Waals surface area contributed by atoms with Crippen LogP contribution in [0.1, 0.15) is 71.7 Å². The van der Waals surface area contributed by atoms with Gasteiger partial charge in [-0.25, -0.2) is 4.79 Å². The highest BCUT2D eigenvalue weighted by Crippen LogP contribution is 2.32. The van der Waals surface area contributed by atoms with Gasteiger partial charge >= 0.3 is 5.97 Å². The maximum Gasteiger partial charge on any atom is 0.335 e. The molecule has 0 heterocycles. The highest BCUT2D eigenvalue weighted by Gasteiger charge is 2.21. The molecule has 2 aliphatic carbocycles. The summed E-state index contributed by atoms with van der Waals surface area (Å²) in [7, 11) is 0. The number of carboxylic acids is 1. The molecule has 4 N–H and O–H groups in total. The number of rotatable bonds is 9. The fourth-order valence-electron chi connectivity index (χ4n) is 5.56. The molecule has 3 aromatic rings. The van der Waals surface area contributed by atoms with Gasteiger partial charge in [0.05, 0.1) is 11.7 Å². The molecule has 0 spiro atoms. The molecular formula is C31H35ClN2O4. The summed E-state index contributed by atoms with van der Waals surface area (Å²) in [6.45, 7) is 0.454. The molecule has 0 radical (unpaired) electrons. The molecule has 0 saturated heterocycles. The first-order valence-corrected chi connectivity index (χ1v) is 13.9. The Bertz CT molecular complexity index is 1270. The zero-order valence-corrected chi connectivity index (χ0v) is 22.2. The second kappa shape index (κ2) is 12.2. The van der Waals surface area contributed by atoms with Crippen molar-refractivity contribution in [2.45, 2.75) is 69.6 Å². The molecular weight excluding hydrogens is 500 g/mol.